The fourth-order valence-corrected chi connectivity index (χ4v) is 4.70. The van der Waals surface area contributed by atoms with Gasteiger partial charge in [0, 0.05) is 24.7 Å². The number of para-hydroxylation sites is 1. The Morgan fingerprint density at radius 2 is 1.68 bits per heavy atom. The zero-order valence-corrected chi connectivity index (χ0v) is 18.7. The topological polar surface area (TPSA) is 105 Å². The van der Waals surface area contributed by atoms with Crippen LogP contribution in [-0.2, 0) is 14.8 Å². The summed E-state index contributed by atoms with van der Waals surface area (Å²) >= 11 is 0. The third-order valence-corrected chi connectivity index (χ3v) is 6.80. The van der Waals surface area contributed by atoms with Crippen LogP contribution in [0, 0.1) is 6.92 Å². The van der Waals surface area contributed by atoms with Gasteiger partial charge < -0.3 is 15.4 Å². The second kappa shape index (κ2) is 9.59. The number of amides is 2. The lowest BCUT2D eigenvalue weighted by atomic mass is 10.1. The molecule has 1 aliphatic heterocycles. The number of morpholine rings is 1. The van der Waals surface area contributed by atoms with Crippen molar-refractivity contribution in [1.29, 1.82) is 0 Å². The first-order valence-electron chi connectivity index (χ1n) is 10.1. The van der Waals surface area contributed by atoms with Crippen LogP contribution in [0.25, 0.3) is 0 Å². The number of hydrogen-bond acceptors (Lipinski definition) is 5. The van der Waals surface area contributed by atoms with Gasteiger partial charge in [-0.15, -0.1) is 0 Å². The maximum absolute atomic E-state index is 13.0. The first-order chi connectivity index (χ1) is 14.7. The zero-order valence-electron chi connectivity index (χ0n) is 17.8. The van der Waals surface area contributed by atoms with Gasteiger partial charge in [-0.2, -0.15) is 4.31 Å². The number of nitrogens with one attached hydrogen (secondary N) is 2. The molecule has 1 saturated heterocycles. The molecule has 1 aliphatic rings. The molecule has 3 rings (SSSR count). The minimum Gasteiger partial charge on any atom is -0.379 e. The third-order valence-electron chi connectivity index (χ3n) is 4.90. The fraction of sp³-hybridized carbons (Fsp3) is 0.364. The Hall–Kier alpha value is -2.75. The van der Waals surface area contributed by atoms with Crippen molar-refractivity contribution in [2.75, 3.05) is 31.6 Å². The van der Waals surface area contributed by atoms with Crippen LogP contribution in [0.2, 0.25) is 0 Å². The normalized spacial score (nSPS) is 15.0. The lowest BCUT2D eigenvalue weighted by molar-refractivity contribution is 0.0730. The van der Waals surface area contributed by atoms with Gasteiger partial charge in [0.1, 0.15) is 0 Å². The second-order valence-electron chi connectivity index (χ2n) is 7.62. The highest BCUT2D eigenvalue weighted by atomic mass is 32.2. The standard InChI is InChI=1S/C22H27N3O5S/c1-15(2)23-21(26)18-6-4-5-7-20(18)24-22(27)19-14-17(9-8-16(19)3)31(28,29)25-10-12-30-13-11-25/h4-9,14-15H,10-13H2,1-3H3,(H,23,26)(H,24,27). The van der Waals surface area contributed by atoms with E-state index in [-0.39, 0.29) is 35.5 Å². The lowest BCUT2D eigenvalue weighted by Crippen LogP contribution is -2.40. The molecule has 0 aromatic heterocycles. The van der Waals surface area contributed by atoms with E-state index in [2.05, 4.69) is 10.6 Å². The maximum atomic E-state index is 13.0. The molecule has 0 atom stereocenters. The van der Waals surface area contributed by atoms with Crippen LogP contribution in [0.15, 0.2) is 47.4 Å². The first kappa shape index (κ1) is 22.9. The van der Waals surface area contributed by atoms with E-state index in [0.29, 0.717) is 30.0 Å². The summed E-state index contributed by atoms with van der Waals surface area (Å²) in [7, 11) is -3.73. The number of nitrogens with zero attached hydrogens (tertiary/aromatic N) is 1. The van der Waals surface area contributed by atoms with E-state index in [1.54, 1.807) is 37.3 Å². The number of carbonyl (C=O) groups excluding carboxylic acids is 2. The summed E-state index contributed by atoms with van der Waals surface area (Å²) in [6, 6.07) is 11.1. The van der Waals surface area contributed by atoms with Gasteiger partial charge in [0.2, 0.25) is 10.0 Å². The molecule has 0 unspecified atom stereocenters. The van der Waals surface area contributed by atoms with Crippen LogP contribution < -0.4 is 10.6 Å². The van der Waals surface area contributed by atoms with E-state index in [0.717, 1.165) is 0 Å². The molecule has 166 valence electrons. The van der Waals surface area contributed by atoms with E-state index >= 15 is 0 Å². The highest BCUT2D eigenvalue weighted by Crippen LogP contribution is 2.22. The van der Waals surface area contributed by atoms with Gasteiger partial charge in [-0.1, -0.05) is 18.2 Å². The predicted octanol–water partition coefficient (Wildman–Crippen LogP) is 2.41. The number of hydrogen-bond donors (Lipinski definition) is 2. The van der Waals surface area contributed by atoms with Crippen LogP contribution in [0.1, 0.15) is 40.1 Å². The Morgan fingerprint density at radius 3 is 2.35 bits per heavy atom. The van der Waals surface area contributed by atoms with Gasteiger partial charge in [0.15, 0.2) is 0 Å². The Kier molecular flexibility index (Phi) is 7.09. The van der Waals surface area contributed by atoms with Crippen molar-refractivity contribution < 1.29 is 22.7 Å². The predicted molar refractivity (Wildman–Crippen MR) is 118 cm³/mol. The monoisotopic (exact) mass is 445 g/mol. The van der Waals surface area contributed by atoms with Crippen molar-refractivity contribution in [2.24, 2.45) is 0 Å². The fourth-order valence-electron chi connectivity index (χ4n) is 3.26. The van der Waals surface area contributed by atoms with Crippen molar-refractivity contribution >= 4 is 27.5 Å². The van der Waals surface area contributed by atoms with E-state index in [1.807, 2.05) is 13.8 Å². The van der Waals surface area contributed by atoms with Crippen LogP contribution in [0.5, 0.6) is 0 Å². The highest BCUT2D eigenvalue weighted by Gasteiger charge is 2.27. The molecule has 31 heavy (non-hydrogen) atoms. The van der Waals surface area contributed by atoms with E-state index in [1.165, 1.54) is 16.4 Å². The molecule has 2 aromatic rings. The average Bonchev–Trinajstić information content (AvgIpc) is 2.74. The minimum atomic E-state index is -3.73. The van der Waals surface area contributed by atoms with Crippen LogP contribution in [-0.4, -0.2) is 56.9 Å². The highest BCUT2D eigenvalue weighted by molar-refractivity contribution is 7.89. The molecule has 8 nitrogen and oxygen atoms in total. The van der Waals surface area contributed by atoms with Gasteiger partial charge in [0.05, 0.1) is 29.4 Å². The number of anilines is 1. The molecule has 2 amide bonds. The summed E-state index contributed by atoms with van der Waals surface area (Å²) < 4.78 is 32.5. The number of aryl methyl sites for hydroxylation is 1. The Labute approximate surface area is 182 Å². The van der Waals surface area contributed by atoms with E-state index < -0.39 is 15.9 Å². The first-order valence-corrected chi connectivity index (χ1v) is 11.5. The molecule has 0 aliphatic carbocycles. The van der Waals surface area contributed by atoms with E-state index in [9.17, 15) is 18.0 Å². The third kappa shape index (κ3) is 5.30. The summed E-state index contributed by atoms with van der Waals surface area (Å²) in [6.07, 6.45) is 0. The SMILES string of the molecule is Cc1ccc(S(=O)(=O)N2CCOCC2)cc1C(=O)Nc1ccccc1C(=O)NC(C)C. The van der Waals surface area contributed by atoms with Crippen molar-refractivity contribution in [1.82, 2.24) is 9.62 Å². The van der Waals surface area contributed by atoms with Crippen LogP contribution >= 0.6 is 0 Å². The lowest BCUT2D eigenvalue weighted by Gasteiger charge is -2.26. The molecule has 0 bridgehead atoms. The van der Waals surface area contributed by atoms with Gasteiger partial charge >= 0.3 is 0 Å². The Bertz CT molecular complexity index is 1080. The van der Waals surface area contributed by atoms with Gasteiger partial charge in [-0.3, -0.25) is 9.59 Å². The second-order valence-corrected chi connectivity index (χ2v) is 9.56. The van der Waals surface area contributed by atoms with Crippen LogP contribution in [0.4, 0.5) is 5.69 Å². The number of sulfonamides is 1. The number of carbonyl (C=O) groups is 2. The largest absolute Gasteiger partial charge is 0.379 e. The maximum Gasteiger partial charge on any atom is 0.255 e. The number of ether oxygens (including phenoxy) is 1. The van der Waals surface area contributed by atoms with Gasteiger partial charge in [-0.25, -0.2) is 8.42 Å². The van der Waals surface area contributed by atoms with Crippen molar-refractivity contribution in [3.05, 3.63) is 59.2 Å². The van der Waals surface area contributed by atoms with Crippen molar-refractivity contribution in [3.63, 3.8) is 0 Å². The summed E-state index contributed by atoms with van der Waals surface area (Å²) in [4.78, 5) is 25.5. The molecule has 9 heteroatoms. The van der Waals surface area contributed by atoms with Gasteiger partial charge in [0.25, 0.3) is 11.8 Å². The van der Waals surface area contributed by atoms with Crippen molar-refractivity contribution in [3.8, 4) is 0 Å². The molecular weight excluding hydrogens is 418 g/mol. The quantitative estimate of drug-likeness (QED) is 0.711. The Balaban J connectivity index is 1.88. The molecule has 0 radical (unpaired) electrons. The minimum absolute atomic E-state index is 0.0518. The number of benzene rings is 2. The van der Waals surface area contributed by atoms with Gasteiger partial charge in [-0.05, 0) is 50.6 Å². The summed E-state index contributed by atoms with van der Waals surface area (Å²) in [5.74, 6) is -0.785. The van der Waals surface area contributed by atoms with E-state index in [4.69, 9.17) is 4.74 Å². The molecular formula is C22H27N3O5S. The molecule has 1 heterocycles. The average molecular weight is 446 g/mol. The molecule has 2 N–H and O–H groups in total. The number of rotatable bonds is 6. The molecule has 2 aromatic carbocycles. The van der Waals surface area contributed by atoms with Crippen molar-refractivity contribution in [2.45, 2.75) is 31.7 Å². The Morgan fingerprint density at radius 1 is 1.00 bits per heavy atom. The molecule has 1 fully saturated rings. The smallest absolute Gasteiger partial charge is 0.255 e. The zero-order chi connectivity index (χ0) is 22.6. The molecule has 0 spiro atoms. The summed E-state index contributed by atoms with van der Waals surface area (Å²) in [5.41, 5.74) is 1.54. The summed E-state index contributed by atoms with van der Waals surface area (Å²) in [5, 5.41) is 5.56. The summed E-state index contributed by atoms with van der Waals surface area (Å²) in [6.45, 7) is 6.66. The van der Waals surface area contributed by atoms with Crippen LogP contribution in [0.3, 0.4) is 0 Å². The molecule has 0 saturated carbocycles.